The number of likely N-dealkylation sites (tertiary alicyclic amines) is 1. The number of hydrogen-bond acceptors (Lipinski definition) is 5. The van der Waals surface area contributed by atoms with E-state index >= 15 is 0 Å². The second-order valence-corrected chi connectivity index (χ2v) is 6.68. The standard InChI is InChI=1S/C16H23N5O4.ClH/c22-15(13-4-1-5-17-13)19-8-11-3-2-6-20(10-11)16(23)14-7-12(9-18-14)21(24)25;/h7,9,11,13,17-18H,1-6,8,10H2,(H,19,22);1H. The van der Waals surface area contributed by atoms with Crippen molar-refractivity contribution in [3.05, 3.63) is 28.1 Å². The summed E-state index contributed by atoms with van der Waals surface area (Å²) in [5.41, 5.74) is 0.111. The molecule has 0 bridgehead atoms. The maximum Gasteiger partial charge on any atom is 0.287 e. The van der Waals surface area contributed by atoms with E-state index in [-0.39, 0.29) is 47.6 Å². The first-order valence-corrected chi connectivity index (χ1v) is 8.68. The fraction of sp³-hybridized carbons (Fsp3) is 0.625. The molecule has 0 saturated carbocycles. The SMILES string of the molecule is Cl.O=C(NCC1CCCN(C(=O)c2cc([N+](=O)[O-])c[nH]2)C1)C1CCCN1. The zero-order valence-electron chi connectivity index (χ0n) is 14.4. The molecule has 2 saturated heterocycles. The molecule has 2 aliphatic rings. The number of nitro groups is 1. The highest BCUT2D eigenvalue weighted by atomic mass is 35.5. The quantitative estimate of drug-likeness (QED) is 0.517. The van der Waals surface area contributed by atoms with Crippen LogP contribution in [0.1, 0.15) is 36.2 Å². The molecular formula is C16H24ClN5O4. The van der Waals surface area contributed by atoms with Crippen molar-refractivity contribution in [2.75, 3.05) is 26.2 Å². The monoisotopic (exact) mass is 385 g/mol. The minimum atomic E-state index is -0.529. The first kappa shape index (κ1) is 20.2. The predicted octanol–water partition coefficient (Wildman–Crippen LogP) is 1.07. The van der Waals surface area contributed by atoms with E-state index in [0.717, 1.165) is 32.2 Å². The van der Waals surface area contributed by atoms with Gasteiger partial charge in [0.05, 0.1) is 17.2 Å². The van der Waals surface area contributed by atoms with Crippen LogP contribution in [0.25, 0.3) is 0 Å². The molecule has 1 aromatic rings. The van der Waals surface area contributed by atoms with E-state index in [2.05, 4.69) is 15.6 Å². The number of aromatic nitrogens is 1. The number of rotatable bonds is 5. The number of amides is 2. The van der Waals surface area contributed by atoms with Crippen molar-refractivity contribution in [2.45, 2.75) is 31.7 Å². The van der Waals surface area contributed by atoms with E-state index in [0.29, 0.717) is 19.6 Å². The maximum atomic E-state index is 12.5. The van der Waals surface area contributed by atoms with Crippen molar-refractivity contribution in [3.8, 4) is 0 Å². The van der Waals surface area contributed by atoms with Gasteiger partial charge in [-0.2, -0.15) is 0 Å². The number of nitrogens with one attached hydrogen (secondary N) is 3. The van der Waals surface area contributed by atoms with Gasteiger partial charge in [0.25, 0.3) is 11.6 Å². The molecule has 0 aromatic carbocycles. The topological polar surface area (TPSA) is 120 Å². The molecule has 0 radical (unpaired) electrons. The Morgan fingerprint density at radius 1 is 1.35 bits per heavy atom. The third-order valence-corrected chi connectivity index (χ3v) is 4.86. The highest BCUT2D eigenvalue weighted by Crippen LogP contribution is 2.20. The number of nitrogens with zero attached hydrogens (tertiary/aromatic N) is 2. The van der Waals surface area contributed by atoms with Gasteiger partial charge in [-0.25, -0.2) is 0 Å². The molecule has 3 rings (SSSR count). The summed E-state index contributed by atoms with van der Waals surface area (Å²) in [6.07, 6.45) is 4.92. The second kappa shape index (κ2) is 9.00. The molecular weight excluding hydrogens is 362 g/mol. The van der Waals surface area contributed by atoms with Gasteiger partial charge >= 0.3 is 0 Å². The number of carbonyl (C=O) groups is 2. The van der Waals surface area contributed by atoms with Crippen molar-refractivity contribution < 1.29 is 14.5 Å². The summed E-state index contributed by atoms with van der Waals surface area (Å²) in [7, 11) is 0. The molecule has 2 unspecified atom stereocenters. The number of hydrogen-bond donors (Lipinski definition) is 3. The van der Waals surface area contributed by atoms with Crippen LogP contribution in [-0.4, -0.2) is 58.8 Å². The van der Waals surface area contributed by atoms with Gasteiger partial charge in [-0.05, 0) is 38.1 Å². The van der Waals surface area contributed by atoms with Crippen LogP contribution in [0.4, 0.5) is 5.69 Å². The number of piperidine rings is 1. The fourth-order valence-corrected chi connectivity index (χ4v) is 3.47. The lowest BCUT2D eigenvalue weighted by Gasteiger charge is -2.32. The predicted molar refractivity (Wildman–Crippen MR) is 97.4 cm³/mol. The molecule has 2 fully saturated rings. The summed E-state index contributed by atoms with van der Waals surface area (Å²) >= 11 is 0. The summed E-state index contributed by atoms with van der Waals surface area (Å²) < 4.78 is 0. The molecule has 1 aromatic heterocycles. The van der Waals surface area contributed by atoms with Gasteiger partial charge in [0.2, 0.25) is 5.91 Å². The largest absolute Gasteiger partial charge is 0.354 e. The Kier molecular flexibility index (Phi) is 6.98. The van der Waals surface area contributed by atoms with Crippen LogP contribution < -0.4 is 10.6 Å². The molecule has 2 atom stereocenters. The van der Waals surface area contributed by atoms with E-state index in [1.165, 1.54) is 12.3 Å². The zero-order chi connectivity index (χ0) is 17.8. The van der Waals surface area contributed by atoms with E-state index in [4.69, 9.17) is 0 Å². The maximum absolute atomic E-state index is 12.5. The van der Waals surface area contributed by atoms with Gasteiger partial charge in [0, 0.05) is 25.7 Å². The van der Waals surface area contributed by atoms with Crippen molar-refractivity contribution in [1.29, 1.82) is 0 Å². The molecule has 10 heteroatoms. The highest BCUT2D eigenvalue weighted by Gasteiger charge is 2.28. The smallest absolute Gasteiger partial charge is 0.287 e. The third kappa shape index (κ3) is 4.73. The molecule has 2 aliphatic heterocycles. The number of H-pyrrole nitrogens is 1. The first-order chi connectivity index (χ1) is 12.0. The first-order valence-electron chi connectivity index (χ1n) is 8.68. The van der Waals surface area contributed by atoms with Crippen LogP contribution in [0.15, 0.2) is 12.3 Å². The van der Waals surface area contributed by atoms with Gasteiger partial charge in [-0.1, -0.05) is 0 Å². The van der Waals surface area contributed by atoms with E-state index in [9.17, 15) is 19.7 Å². The summed E-state index contributed by atoms with van der Waals surface area (Å²) in [5, 5.41) is 16.9. The average Bonchev–Trinajstić information content (AvgIpc) is 3.30. The van der Waals surface area contributed by atoms with Gasteiger partial charge in [0.1, 0.15) is 5.69 Å². The number of carbonyl (C=O) groups excluding carboxylic acids is 2. The Morgan fingerprint density at radius 3 is 2.81 bits per heavy atom. The van der Waals surface area contributed by atoms with Crippen LogP contribution in [-0.2, 0) is 4.79 Å². The Labute approximate surface area is 157 Å². The minimum absolute atomic E-state index is 0. The molecule has 9 nitrogen and oxygen atoms in total. The van der Waals surface area contributed by atoms with Gasteiger partial charge in [-0.15, -0.1) is 12.4 Å². The van der Waals surface area contributed by atoms with Crippen LogP contribution in [0.5, 0.6) is 0 Å². The molecule has 3 N–H and O–H groups in total. The van der Waals surface area contributed by atoms with Crippen molar-refractivity contribution in [2.24, 2.45) is 5.92 Å². The van der Waals surface area contributed by atoms with Crippen LogP contribution in [0.3, 0.4) is 0 Å². The highest BCUT2D eigenvalue weighted by molar-refractivity contribution is 5.93. The van der Waals surface area contributed by atoms with Gasteiger partial charge < -0.3 is 20.5 Å². The molecule has 3 heterocycles. The molecule has 2 amide bonds. The van der Waals surface area contributed by atoms with Crippen molar-refractivity contribution in [3.63, 3.8) is 0 Å². The van der Waals surface area contributed by atoms with Crippen LogP contribution in [0.2, 0.25) is 0 Å². The Bertz CT molecular complexity index is 659. The van der Waals surface area contributed by atoms with E-state index < -0.39 is 4.92 Å². The summed E-state index contributed by atoms with van der Waals surface area (Å²) in [4.78, 5) is 39.2. The minimum Gasteiger partial charge on any atom is -0.354 e. The van der Waals surface area contributed by atoms with Crippen LogP contribution in [0, 0.1) is 16.0 Å². The lowest BCUT2D eigenvalue weighted by atomic mass is 9.97. The summed E-state index contributed by atoms with van der Waals surface area (Å²) in [5.74, 6) is -0.00414. The lowest BCUT2D eigenvalue weighted by Crippen LogP contribution is -2.46. The second-order valence-electron chi connectivity index (χ2n) is 6.68. The third-order valence-electron chi connectivity index (χ3n) is 4.86. The van der Waals surface area contributed by atoms with E-state index in [1.807, 2.05) is 0 Å². The molecule has 26 heavy (non-hydrogen) atoms. The van der Waals surface area contributed by atoms with Crippen molar-refractivity contribution >= 4 is 29.9 Å². The van der Waals surface area contributed by atoms with Gasteiger partial charge in [-0.3, -0.25) is 19.7 Å². The van der Waals surface area contributed by atoms with Gasteiger partial charge in [0.15, 0.2) is 0 Å². The average molecular weight is 386 g/mol. The molecule has 0 aliphatic carbocycles. The Hall–Kier alpha value is -2.13. The molecule has 144 valence electrons. The zero-order valence-corrected chi connectivity index (χ0v) is 15.2. The summed E-state index contributed by atoms with van der Waals surface area (Å²) in [6.45, 7) is 2.60. The fourth-order valence-electron chi connectivity index (χ4n) is 3.47. The normalized spacial score (nSPS) is 22.5. The Balaban J connectivity index is 0.00000243. The van der Waals surface area contributed by atoms with Crippen LogP contribution >= 0.6 is 12.4 Å². The Morgan fingerprint density at radius 2 is 2.15 bits per heavy atom. The summed E-state index contributed by atoms with van der Waals surface area (Å²) in [6, 6.07) is 1.17. The number of aromatic amines is 1. The molecule has 0 spiro atoms. The lowest BCUT2D eigenvalue weighted by molar-refractivity contribution is -0.384. The number of halogens is 1. The van der Waals surface area contributed by atoms with Crippen molar-refractivity contribution in [1.82, 2.24) is 20.5 Å². The van der Waals surface area contributed by atoms with E-state index in [1.54, 1.807) is 4.90 Å².